The largest absolute Gasteiger partial charge is 0.360 e. The summed E-state index contributed by atoms with van der Waals surface area (Å²) in [7, 11) is 0. The van der Waals surface area contributed by atoms with Crippen molar-refractivity contribution in [2.75, 3.05) is 0 Å². The van der Waals surface area contributed by atoms with Gasteiger partial charge in [-0.05, 0) is 37.8 Å². The molecule has 0 saturated heterocycles. The summed E-state index contributed by atoms with van der Waals surface area (Å²) in [6.07, 6.45) is 7.68. The first-order valence-electron chi connectivity index (χ1n) is 5.60. The number of H-pyrrole nitrogens is 1. The van der Waals surface area contributed by atoms with E-state index < -0.39 is 0 Å². The van der Waals surface area contributed by atoms with E-state index in [0.29, 0.717) is 0 Å². The van der Waals surface area contributed by atoms with Crippen LogP contribution in [-0.2, 0) is 0 Å². The van der Waals surface area contributed by atoms with Gasteiger partial charge in [0.25, 0.3) is 0 Å². The molecule has 2 nitrogen and oxygen atoms in total. The molecule has 1 aromatic carbocycles. The van der Waals surface area contributed by atoms with E-state index >= 15 is 0 Å². The molecule has 0 bridgehead atoms. The minimum atomic E-state index is 1.21. The Morgan fingerprint density at radius 1 is 1.41 bits per heavy atom. The van der Waals surface area contributed by atoms with Crippen LogP contribution in [0.4, 0.5) is 0 Å². The predicted molar refractivity (Wildman–Crippen MR) is 75.4 cm³/mol. The summed E-state index contributed by atoms with van der Waals surface area (Å²) in [6, 6.07) is 6.34. The first-order chi connectivity index (χ1) is 8.24. The normalized spacial score (nSPS) is 12.5. The zero-order valence-electron chi connectivity index (χ0n) is 10.2. The highest BCUT2D eigenvalue weighted by Gasteiger charge is 2.05. The topological polar surface area (TPSA) is 28.1 Å². The van der Waals surface area contributed by atoms with Gasteiger partial charge in [0.05, 0.1) is 0 Å². The third-order valence-corrected chi connectivity index (χ3v) is 2.89. The van der Waals surface area contributed by atoms with Crippen molar-refractivity contribution in [2.45, 2.75) is 13.8 Å². The highest BCUT2D eigenvalue weighted by atomic mass is 14.7. The van der Waals surface area contributed by atoms with Crippen molar-refractivity contribution in [3.63, 3.8) is 0 Å². The lowest BCUT2D eigenvalue weighted by Gasteiger charge is -1.99. The van der Waals surface area contributed by atoms with Crippen LogP contribution < -0.4 is 0 Å². The summed E-state index contributed by atoms with van der Waals surface area (Å²) in [6.45, 7) is 7.62. The SMILES string of the molecule is C=N/C=C\C=C(/C)c1c[nH]c2c(C)cccc12. The molecule has 1 aromatic heterocycles. The monoisotopic (exact) mass is 224 g/mol. The van der Waals surface area contributed by atoms with Gasteiger partial charge < -0.3 is 4.98 Å². The van der Waals surface area contributed by atoms with Gasteiger partial charge in [-0.15, -0.1) is 0 Å². The summed E-state index contributed by atoms with van der Waals surface area (Å²) >= 11 is 0. The Morgan fingerprint density at radius 2 is 2.24 bits per heavy atom. The molecule has 0 aliphatic carbocycles. The molecule has 0 aliphatic heterocycles. The molecule has 86 valence electrons. The molecule has 2 rings (SSSR count). The number of nitrogens with one attached hydrogen (secondary N) is 1. The zero-order valence-corrected chi connectivity index (χ0v) is 10.2. The second kappa shape index (κ2) is 4.83. The molecule has 17 heavy (non-hydrogen) atoms. The van der Waals surface area contributed by atoms with Crippen molar-refractivity contribution in [3.8, 4) is 0 Å². The Balaban J connectivity index is 2.49. The number of aromatic nitrogens is 1. The Labute approximate surface area is 101 Å². The van der Waals surface area contributed by atoms with Crippen LogP contribution in [-0.4, -0.2) is 11.7 Å². The van der Waals surface area contributed by atoms with E-state index in [4.69, 9.17) is 0 Å². The molecule has 0 fully saturated rings. The lowest BCUT2D eigenvalue weighted by Crippen LogP contribution is -1.77. The summed E-state index contributed by atoms with van der Waals surface area (Å²) < 4.78 is 0. The van der Waals surface area contributed by atoms with Crippen molar-refractivity contribution < 1.29 is 0 Å². The van der Waals surface area contributed by atoms with Gasteiger partial charge >= 0.3 is 0 Å². The molecule has 0 spiro atoms. The maximum absolute atomic E-state index is 3.68. The Kier molecular flexibility index (Phi) is 3.24. The Morgan fingerprint density at radius 3 is 3.00 bits per heavy atom. The second-order valence-electron chi connectivity index (χ2n) is 4.07. The number of allylic oxidation sites excluding steroid dienone is 3. The lowest BCUT2D eigenvalue weighted by molar-refractivity contribution is 1.41. The molecule has 0 amide bonds. The van der Waals surface area contributed by atoms with Gasteiger partial charge in [-0.3, -0.25) is 4.99 Å². The predicted octanol–water partition coefficient (Wildman–Crippen LogP) is 4.09. The highest BCUT2D eigenvalue weighted by Crippen LogP contribution is 2.26. The Hall–Kier alpha value is -2.09. The molecule has 1 heterocycles. The van der Waals surface area contributed by atoms with Crippen molar-refractivity contribution >= 4 is 23.2 Å². The number of benzene rings is 1. The van der Waals surface area contributed by atoms with Crippen molar-refractivity contribution in [2.24, 2.45) is 4.99 Å². The molecular formula is C15H16N2. The van der Waals surface area contributed by atoms with Gasteiger partial charge in [0.2, 0.25) is 0 Å². The summed E-state index contributed by atoms with van der Waals surface area (Å²) in [5.41, 5.74) is 4.92. The van der Waals surface area contributed by atoms with Crippen LogP contribution in [0.5, 0.6) is 0 Å². The molecule has 0 unspecified atom stereocenters. The summed E-state index contributed by atoms with van der Waals surface area (Å²) in [5.74, 6) is 0. The molecule has 0 aliphatic rings. The van der Waals surface area contributed by atoms with Crippen LogP contribution >= 0.6 is 0 Å². The minimum Gasteiger partial charge on any atom is -0.360 e. The number of hydrogen-bond acceptors (Lipinski definition) is 1. The second-order valence-corrected chi connectivity index (χ2v) is 4.07. The van der Waals surface area contributed by atoms with E-state index in [1.807, 2.05) is 12.2 Å². The van der Waals surface area contributed by atoms with Gasteiger partial charge in [-0.2, -0.15) is 0 Å². The first-order valence-corrected chi connectivity index (χ1v) is 5.60. The van der Waals surface area contributed by atoms with Crippen molar-refractivity contribution in [1.82, 2.24) is 4.98 Å². The van der Waals surface area contributed by atoms with Gasteiger partial charge in [-0.1, -0.05) is 24.3 Å². The maximum Gasteiger partial charge on any atom is 0.0489 e. The first kappa shape index (κ1) is 11.4. The summed E-state index contributed by atoms with van der Waals surface area (Å²) in [4.78, 5) is 7.01. The minimum absolute atomic E-state index is 1.21. The van der Waals surface area contributed by atoms with Crippen LogP contribution in [0.25, 0.3) is 16.5 Å². The van der Waals surface area contributed by atoms with E-state index in [0.717, 1.165) is 0 Å². The number of aryl methyl sites for hydroxylation is 1. The third kappa shape index (κ3) is 2.21. The fourth-order valence-electron chi connectivity index (χ4n) is 1.97. The average Bonchev–Trinajstić information content (AvgIpc) is 2.74. The molecule has 0 atom stereocenters. The van der Waals surface area contributed by atoms with E-state index in [-0.39, 0.29) is 0 Å². The van der Waals surface area contributed by atoms with Gasteiger partial charge in [0.15, 0.2) is 0 Å². The number of rotatable bonds is 3. The highest BCUT2D eigenvalue weighted by molar-refractivity contribution is 5.94. The standard InChI is InChI=1S/C15H16N2/c1-11(7-5-9-16-3)14-10-17-15-12(2)6-4-8-13(14)15/h4-10,17H,3H2,1-2H3/b9-5-,11-7+. The van der Waals surface area contributed by atoms with Gasteiger partial charge in [0, 0.05) is 28.9 Å². The molecule has 2 aromatic rings. The van der Waals surface area contributed by atoms with Crippen LogP contribution in [0, 0.1) is 6.92 Å². The third-order valence-electron chi connectivity index (χ3n) is 2.89. The van der Waals surface area contributed by atoms with E-state index in [2.05, 4.69) is 54.9 Å². The van der Waals surface area contributed by atoms with Crippen LogP contribution in [0.1, 0.15) is 18.1 Å². The van der Waals surface area contributed by atoms with Crippen LogP contribution in [0.15, 0.2) is 47.7 Å². The Bertz CT molecular complexity index is 600. The van der Waals surface area contributed by atoms with Crippen molar-refractivity contribution in [3.05, 3.63) is 53.9 Å². The fourth-order valence-corrected chi connectivity index (χ4v) is 1.97. The van der Waals surface area contributed by atoms with Crippen molar-refractivity contribution in [1.29, 1.82) is 0 Å². The number of aliphatic imine (C=N–C) groups is 1. The molecule has 2 heteroatoms. The number of hydrogen-bond donors (Lipinski definition) is 1. The van der Waals surface area contributed by atoms with Gasteiger partial charge in [0.1, 0.15) is 0 Å². The lowest BCUT2D eigenvalue weighted by atomic mass is 10.0. The molecular weight excluding hydrogens is 208 g/mol. The average molecular weight is 224 g/mol. The smallest absolute Gasteiger partial charge is 0.0489 e. The molecule has 1 N–H and O–H groups in total. The maximum atomic E-state index is 3.68. The number of fused-ring (bicyclic) bond motifs is 1. The quantitative estimate of drug-likeness (QED) is 0.600. The summed E-state index contributed by atoms with van der Waals surface area (Å²) in [5, 5.41) is 1.26. The van der Waals surface area contributed by atoms with Gasteiger partial charge in [-0.25, -0.2) is 0 Å². The van der Waals surface area contributed by atoms with E-state index in [1.54, 1.807) is 6.20 Å². The van der Waals surface area contributed by atoms with E-state index in [9.17, 15) is 0 Å². The van der Waals surface area contributed by atoms with E-state index in [1.165, 1.54) is 27.6 Å². The zero-order chi connectivity index (χ0) is 12.3. The molecule has 0 saturated carbocycles. The molecule has 0 radical (unpaired) electrons. The number of nitrogens with zero attached hydrogens (tertiary/aromatic N) is 1. The fraction of sp³-hybridized carbons (Fsp3) is 0.133. The van der Waals surface area contributed by atoms with Crippen LogP contribution in [0.3, 0.4) is 0 Å². The number of para-hydroxylation sites is 1. The number of aromatic amines is 1. The van der Waals surface area contributed by atoms with Crippen LogP contribution in [0.2, 0.25) is 0 Å².